The highest BCUT2D eigenvalue weighted by Crippen LogP contribution is 2.23. The number of nitrogens with zero attached hydrogens (tertiary/aromatic N) is 2. The van der Waals surface area contributed by atoms with Crippen LogP contribution in [0, 0.1) is 5.82 Å². The predicted molar refractivity (Wildman–Crippen MR) is 103 cm³/mol. The van der Waals surface area contributed by atoms with E-state index in [0.29, 0.717) is 25.2 Å². The van der Waals surface area contributed by atoms with E-state index in [1.807, 2.05) is 13.8 Å². The fraction of sp³-hybridized carbons (Fsp3) is 0.550. The van der Waals surface area contributed by atoms with Crippen LogP contribution in [0.1, 0.15) is 39.5 Å². The van der Waals surface area contributed by atoms with E-state index in [1.54, 1.807) is 4.90 Å². The van der Waals surface area contributed by atoms with Crippen molar-refractivity contribution < 1.29 is 18.8 Å². The lowest BCUT2D eigenvalue weighted by Gasteiger charge is -2.39. The van der Waals surface area contributed by atoms with Crippen LogP contribution >= 0.6 is 0 Å². The summed E-state index contributed by atoms with van der Waals surface area (Å²) >= 11 is 0. The Hall–Kier alpha value is -2.64. The number of nitrogens with one attached hydrogen (secondary N) is 2. The molecule has 1 aromatic rings. The average Bonchev–Trinajstić information content (AvgIpc) is 3.11. The first-order valence-electron chi connectivity index (χ1n) is 9.80. The molecule has 0 saturated carbocycles. The summed E-state index contributed by atoms with van der Waals surface area (Å²) in [4.78, 5) is 40.7. The number of urea groups is 1. The topological polar surface area (TPSA) is 81.8 Å². The molecule has 0 aromatic heterocycles. The lowest BCUT2D eigenvalue weighted by molar-refractivity contribution is -0.155. The minimum atomic E-state index is -0.496. The van der Waals surface area contributed by atoms with Crippen LogP contribution in [0.4, 0.5) is 14.9 Å². The summed E-state index contributed by atoms with van der Waals surface area (Å²) in [6.07, 6.45) is 3.48. The Balaban J connectivity index is 1.51. The summed E-state index contributed by atoms with van der Waals surface area (Å²) < 4.78 is 12.9. The number of rotatable bonds is 2. The van der Waals surface area contributed by atoms with Crippen LogP contribution in [0.3, 0.4) is 0 Å². The van der Waals surface area contributed by atoms with E-state index in [0.717, 1.165) is 19.3 Å². The molecule has 2 aliphatic heterocycles. The maximum Gasteiger partial charge on any atom is 0.319 e. The molecular formula is C20H27FN4O3. The molecule has 7 nitrogen and oxygen atoms in total. The summed E-state index contributed by atoms with van der Waals surface area (Å²) in [7, 11) is 0. The van der Waals surface area contributed by atoms with Gasteiger partial charge in [-0.3, -0.25) is 9.59 Å². The minimum Gasteiger partial charge on any atom is -0.333 e. The number of halogens is 1. The van der Waals surface area contributed by atoms with Gasteiger partial charge in [0.15, 0.2) is 0 Å². The Morgan fingerprint density at radius 2 is 1.64 bits per heavy atom. The molecule has 152 valence electrons. The molecule has 8 heteroatoms. The van der Waals surface area contributed by atoms with Gasteiger partial charge in [-0.2, -0.15) is 0 Å². The third-order valence-corrected chi connectivity index (χ3v) is 5.52. The zero-order valence-electron chi connectivity index (χ0n) is 16.3. The standard InChI is InChI=1S/C20H27FN4O3/c1-13-4-3-5-14(2)25(13)19(27)18(26)24-11-10-17(12-24)23-20(28)22-16-8-6-15(21)7-9-16/h6-9,13-14,17H,3-5,10-12H2,1-2H3,(H2,22,23,28). The molecule has 2 saturated heterocycles. The van der Waals surface area contributed by atoms with Gasteiger partial charge >= 0.3 is 17.8 Å². The van der Waals surface area contributed by atoms with E-state index in [9.17, 15) is 18.8 Å². The summed E-state index contributed by atoms with van der Waals surface area (Å²) in [5.74, 6) is -1.32. The number of hydrogen-bond donors (Lipinski definition) is 2. The van der Waals surface area contributed by atoms with E-state index in [-0.39, 0.29) is 23.9 Å². The molecule has 0 bridgehead atoms. The zero-order chi connectivity index (χ0) is 20.3. The third-order valence-electron chi connectivity index (χ3n) is 5.52. The average molecular weight is 390 g/mol. The normalized spacial score (nSPS) is 24.8. The zero-order valence-corrected chi connectivity index (χ0v) is 16.3. The van der Waals surface area contributed by atoms with Gasteiger partial charge in [-0.15, -0.1) is 0 Å². The number of hydrogen-bond acceptors (Lipinski definition) is 3. The first kappa shape index (κ1) is 20.1. The van der Waals surface area contributed by atoms with Crippen molar-refractivity contribution in [2.45, 2.75) is 57.7 Å². The second-order valence-electron chi connectivity index (χ2n) is 7.68. The van der Waals surface area contributed by atoms with Crippen molar-refractivity contribution in [1.82, 2.24) is 15.1 Å². The largest absolute Gasteiger partial charge is 0.333 e. The quantitative estimate of drug-likeness (QED) is 0.761. The Labute approximate surface area is 164 Å². The Bertz CT molecular complexity index is 729. The van der Waals surface area contributed by atoms with Crippen molar-refractivity contribution in [2.75, 3.05) is 18.4 Å². The smallest absolute Gasteiger partial charge is 0.319 e. The van der Waals surface area contributed by atoms with Crippen molar-refractivity contribution in [3.63, 3.8) is 0 Å². The molecule has 4 amide bonds. The number of likely N-dealkylation sites (tertiary alicyclic amines) is 2. The maximum atomic E-state index is 12.9. The fourth-order valence-corrected chi connectivity index (χ4v) is 4.02. The van der Waals surface area contributed by atoms with Gasteiger partial charge in [-0.1, -0.05) is 0 Å². The summed E-state index contributed by atoms with van der Waals surface area (Å²) in [5.41, 5.74) is 0.480. The molecule has 0 radical (unpaired) electrons. The van der Waals surface area contributed by atoms with Crippen LogP contribution in [0.15, 0.2) is 24.3 Å². The van der Waals surface area contributed by atoms with Crippen LogP contribution in [0.25, 0.3) is 0 Å². The molecule has 2 aliphatic rings. The van der Waals surface area contributed by atoms with Crippen LogP contribution in [0.5, 0.6) is 0 Å². The number of carbonyl (C=O) groups is 3. The van der Waals surface area contributed by atoms with Crippen LogP contribution in [-0.4, -0.2) is 58.9 Å². The molecule has 2 heterocycles. The van der Waals surface area contributed by atoms with Crippen molar-refractivity contribution in [2.24, 2.45) is 0 Å². The number of amides is 4. The van der Waals surface area contributed by atoms with Gasteiger partial charge in [0.1, 0.15) is 5.82 Å². The highest BCUT2D eigenvalue weighted by atomic mass is 19.1. The van der Waals surface area contributed by atoms with Crippen molar-refractivity contribution in [3.8, 4) is 0 Å². The van der Waals surface area contributed by atoms with E-state index in [4.69, 9.17) is 0 Å². The van der Waals surface area contributed by atoms with Crippen molar-refractivity contribution in [3.05, 3.63) is 30.1 Å². The monoisotopic (exact) mass is 390 g/mol. The molecule has 3 unspecified atom stereocenters. The van der Waals surface area contributed by atoms with Gasteiger partial charge < -0.3 is 20.4 Å². The van der Waals surface area contributed by atoms with Crippen LogP contribution < -0.4 is 10.6 Å². The fourth-order valence-electron chi connectivity index (χ4n) is 4.02. The lowest BCUT2D eigenvalue weighted by Crippen LogP contribution is -2.53. The Morgan fingerprint density at radius 1 is 1.00 bits per heavy atom. The van der Waals surface area contributed by atoms with Crippen LogP contribution in [-0.2, 0) is 9.59 Å². The van der Waals surface area contributed by atoms with Gasteiger partial charge in [0.25, 0.3) is 0 Å². The number of anilines is 1. The number of piperidine rings is 1. The van der Waals surface area contributed by atoms with E-state index in [1.165, 1.54) is 29.2 Å². The molecular weight excluding hydrogens is 363 g/mol. The van der Waals surface area contributed by atoms with E-state index >= 15 is 0 Å². The van der Waals surface area contributed by atoms with E-state index in [2.05, 4.69) is 10.6 Å². The third kappa shape index (κ3) is 4.61. The molecule has 0 spiro atoms. The first-order chi connectivity index (χ1) is 13.3. The molecule has 0 aliphatic carbocycles. The van der Waals surface area contributed by atoms with Gasteiger partial charge in [0.2, 0.25) is 0 Å². The van der Waals surface area contributed by atoms with Crippen LogP contribution in [0.2, 0.25) is 0 Å². The second-order valence-corrected chi connectivity index (χ2v) is 7.68. The summed E-state index contributed by atoms with van der Waals surface area (Å²) in [6.45, 7) is 4.70. The molecule has 1 aromatic carbocycles. The number of benzene rings is 1. The minimum absolute atomic E-state index is 0.0678. The van der Waals surface area contributed by atoms with Crippen molar-refractivity contribution in [1.29, 1.82) is 0 Å². The Morgan fingerprint density at radius 3 is 2.29 bits per heavy atom. The molecule has 28 heavy (non-hydrogen) atoms. The second kappa shape index (κ2) is 8.58. The van der Waals surface area contributed by atoms with Crippen molar-refractivity contribution >= 4 is 23.5 Å². The highest BCUT2D eigenvalue weighted by molar-refractivity contribution is 6.35. The molecule has 2 fully saturated rings. The molecule has 2 N–H and O–H groups in total. The predicted octanol–water partition coefficient (Wildman–Crippen LogP) is 2.34. The molecule has 3 atom stereocenters. The Kier molecular flexibility index (Phi) is 6.16. The summed E-state index contributed by atoms with van der Waals surface area (Å²) in [6, 6.07) is 4.96. The molecule has 3 rings (SSSR count). The van der Waals surface area contributed by atoms with Gasteiger partial charge in [-0.05, 0) is 63.8 Å². The number of carbonyl (C=O) groups excluding carboxylic acids is 3. The van der Waals surface area contributed by atoms with Gasteiger partial charge in [-0.25, -0.2) is 9.18 Å². The summed E-state index contributed by atoms with van der Waals surface area (Å²) in [5, 5.41) is 5.43. The van der Waals surface area contributed by atoms with Gasteiger partial charge in [0, 0.05) is 36.9 Å². The maximum absolute atomic E-state index is 12.9. The highest BCUT2D eigenvalue weighted by Gasteiger charge is 2.37. The SMILES string of the molecule is CC1CCCC(C)N1C(=O)C(=O)N1CCC(NC(=O)Nc2ccc(F)cc2)C1. The van der Waals surface area contributed by atoms with Gasteiger partial charge in [0.05, 0.1) is 0 Å². The van der Waals surface area contributed by atoms with E-state index < -0.39 is 17.8 Å². The lowest BCUT2D eigenvalue weighted by atomic mass is 9.97. The first-order valence-corrected chi connectivity index (χ1v) is 9.80.